The molecule has 0 spiro atoms. The number of rotatable bonds is 5. The Kier molecular flexibility index (Phi) is 5.83. The van der Waals surface area contributed by atoms with E-state index in [2.05, 4.69) is 10.2 Å². The highest BCUT2D eigenvalue weighted by atomic mass is 35.5. The van der Waals surface area contributed by atoms with Crippen LogP contribution in [0.1, 0.15) is 24.9 Å². The first-order valence-electron chi connectivity index (χ1n) is 7.04. The molecular weight excluding hydrogens is 276 g/mol. The summed E-state index contributed by atoms with van der Waals surface area (Å²) in [7, 11) is 0. The summed E-state index contributed by atoms with van der Waals surface area (Å²) in [4.78, 5) is 13.9. The molecule has 0 bridgehead atoms. The van der Waals surface area contributed by atoms with Crippen molar-refractivity contribution in [2.45, 2.75) is 19.4 Å². The smallest absolute Gasteiger partial charge is 0.219 e. The molecule has 110 valence electrons. The summed E-state index contributed by atoms with van der Waals surface area (Å²) in [5.41, 5.74) is 1.17. The molecule has 1 atom stereocenters. The zero-order valence-electron chi connectivity index (χ0n) is 11.8. The summed E-state index contributed by atoms with van der Waals surface area (Å²) < 4.78 is 5.40. The van der Waals surface area contributed by atoms with Crippen molar-refractivity contribution in [2.75, 3.05) is 32.8 Å². The third kappa shape index (κ3) is 4.20. The molecule has 4 nitrogen and oxygen atoms in total. The van der Waals surface area contributed by atoms with Crippen LogP contribution in [0, 0.1) is 0 Å². The molecule has 1 aliphatic heterocycles. The Bertz CT molecular complexity index is 430. The van der Waals surface area contributed by atoms with Crippen LogP contribution in [0.3, 0.4) is 0 Å². The van der Waals surface area contributed by atoms with Crippen LogP contribution in [0.15, 0.2) is 24.3 Å². The van der Waals surface area contributed by atoms with Gasteiger partial charge in [0, 0.05) is 31.1 Å². The van der Waals surface area contributed by atoms with Gasteiger partial charge in [-0.3, -0.25) is 9.69 Å². The number of nitrogens with zero attached hydrogens (tertiary/aromatic N) is 1. The number of hydrogen-bond donors (Lipinski definition) is 1. The van der Waals surface area contributed by atoms with E-state index in [1.165, 1.54) is 5.56 Å². The predicted molar refractivity (Wildman–Crippen MR) is 79.9 cm³/mol. The molecule has 0 saturated carbocycles. The summed E-state index contributed by atoms with van der Waals surface area (Å²) in [6, 6.07) is 8.02. The molecule has 0 radical (unpaired) electrons. The monoisotopic (exact) mass is 296 g/mol. The van der Waals surface area contributed by atoms with Crippen molar-refractivity contribution in [3.63, 3.8) is 0 Å². The molecule has 1 heterocycles. The van der Waals surface area contributed by atoms with E-state index >= 15 is 0 Å². The second kappa shape index (κ2) is 7.62. The van der Waals surface area contributed by atoms with E-state index < -0.39 is 0 Å². The van der Waals surface area contributed by atoms with E-state index in [0.29, 0.717) is 13.0 Å². The quantitative estimate of drug-likeness (QED) is 0.906. The maximum absolute atomic E-state index is 11.5. The van der Waals surface area contributed by atoms with Gasteiger partial charge in [-0.25, -0.2) is 0 Å². The van der Waals surface area contributed by atoms with Gasteiger partial charge < -0.3 is 10.1 Å². The molecule has 1 aliphatic rings. The van der Waals surface area contributed by atoms with Crippen LogP contribution in [0.25, 0.3) is 0 Å². The van der Waals surface area contributed by atoms with E-state index in [4.69, 9.17) is 16.3 Å². The molecule has 0 aliphatic carbocycles. The van der Waals surface area contributed by atoms with E-state index in [0.717, 1.165) is 31.3 Å². The molecule has 2 rings (SSSR count). The minimum Gasteiger partial charge on any atom is -0.379 e. The minimum absolute atomic E-state index is 0.0808. The number of benzene rings is 1. The molecule has 5 heteroatoms. The Morgan fingerprint density at radius 1 is 1.35 bits per heavy atom. The lowest BCUT2D eigenvalue weighted by Gasteiger charge is -2.35. The van der Waals surface area contributed by atoms with Gasteiger partial charge in [0.25, 0.3) is 0 Å². The fraction of sp³-hybridized carbons (Fsp3) is 0.533. The van der Waals surface area contributed by atoms with Crippen molar-refractivity contribution in [1.29, 1.82) is 0 Å². The summed E-state index contributed by atoms with van der Waals surface area (Å²) in [5, 5.41) is 3.72. The summed E-state index contributed by atoms with van der Waals surface area (Å²) in [6.07, 6.45) is 0.510. The van der Waals surface area contributed by atoms with Crippen molar-refractivity contribution in [3.8, 4) is 0 Å². The van der Waals surface area contributed by atoms with Gasteiger partial charge in [-0.05, 0) is 17.7 Å². The van der Waals surface area contributed by atoms with E-state index in [-0.39, 0.29) is 11.9 Å². The Morgan fingerprint density at radius 2 is 2.00 bits per heavy atom. The average Bonchev–Trinajstić information content (AvgIpc) is 2.50. The number of morpholine rings is 1. The van der Waals surface area contributed by atoms with Gasteiger partial charge in [-0.2, -0.15) is 0 Å². The van der Waals surface area contributed by atoms with Crippen molar-refractivity contribution in [1.82, 2.24) is 10.2 Å². The zero-order valence-corrected chi connectivity index (χ0v) is 12.5. The molecular formula is C15H21ClN2O2. The van der Waals surface area contributed by atoms with Crippen molar-refractivity contribution in [2.24, 2.45) is 0 Å². The summed E-state index contributed by atoms with van der Waals surface area (Å²) >= 11 is 5.95. The molecule has 1 saturated heterocycles. The maximum Gasteiger partial charge on any atom is 0.219 e. The predicted octanol–water partition coefficient (Wildman–Crippen LogP) is 2.24. The first-order valence-corrected chi connectivity index (χ1v) is 7.42. The highest BCUT2D eigenvalue weighted by Gasteiger charge is 2.22. The van der Waals surface area contributed by atoms with Crippen LogP contribution in [0.4, 0.5) is 0 Å². The Labute approximate surface area is 125 Å². The lowest BCUT2D eigenvalue weighted by atomic mass is 10.0. The number of halogens is 1. The number of nitrogens with one attached hydrogen (secondary N) is 1. The van der Waals surface area contributed by atoms with Crippen molar-refractivity contribution >= 4 is 17.5 Å². The van der Waals surface area contributed by atoms with Gasteiger partial charge in [0.15, 0.2) is 0 Å². The summed E-state index contributed by atoms with van der Waals surface area (Å²) in [5.74, 6) is 0.0808. The number of amides is 1. The Balaban J connectivity index is 2.09. The molecule has 1 amide bonds. The minimum atomic E-state index is 0.0808. The van der Waals surface area contributed by atoms with Crippen LogP contribution in [0.5, 0.6) is 0 Å². The molecule has 1 aromatic carbocycles. The molecule has 1 N–H and O–H groups in total. The molecule has 1 unspecified atom stereocenters. The molecule has 0 aromatic heterocycles. The van der Waals surface area contributed by atoms with Gasteiger partial charge in [-0.1, -0.05) is 30.7 Å². The zero-order chi connectivity index (χ0) is 14.4. The number of ether oxygens (including phenoxy) is 1. The van der Waals surface area contributed by atoms with E-state index in [1.54, 1.807) is 0 Å². The molecule has 20 heavy (non-hydrogen) atoms. The molecule has 1 fully saturated rings. The first kappa shape index (κ1) is 15.3. The third-order valence-corrected chi connectivity index (χ3v) is 3.81. The van der Waals surface area contributed by atoms with Crippen LogP contribution < -0.4 is 5.32 Å². The van der Waals surface area contributed by atoms with Gasteiger partial charge in [0.1, 0.15) is 0 Å². The van der Waals surface area contributed by atoms with Crippen LogP contribution in [-0.2, 0) is 9.53 Å². The molecule has 1 aromatic rings. The number of hydrogen-bond acceptors (Lipinski definition) is 3. The Morgan fingerprint density at radius 3 is 2.60 bits per heavy atom. The number of carbonyl (C=O) groups is 1. The van der Waals surface area contributed by atoms with Crippen LogP contribution >= 0.6 is 11.6 Å². The second-order valence-electron chi connectivity index (χ2n) is 4.87. The van der Waals surface area contributed by atoms with Crippen LogP contribution in [0.2, 0.25) is 5.02 Å². The largest absolute Gasteiger partial charge is 0.379 e. The fourth-order valence-corrected chi connectivity index (χ4v) is 2.49. The lowest BCUT2D eigenvalue weighted by Crippen LogP contribution is -2.43. The van der Waals surface area contributed by atoms with Gasteiger partial charge in [0.05, 0.1) is 19.3 Å². The highest BCUT2D eigenvalue weighted by Crippen LogP contribution is 2.23. The van der Waals surface area contributed by atoms with E-state index in [9.17, 15) is 4.79 Å². The standard InChI is InChI=1S/C15H21ClN2O2/c1-2-15(19)17-11-14(18-7-9-20-10-8-18)12-3-5-13(16)6-4-12/h3-6,14H,2,7-11H2,1H3,(H,17,19). The first-order chi connectivity index (χ1) is 9.70. The van der Waals surface area contributed by atoms with Crippen LogP contribution in [-0.4, -0.2) is 43.7 Å². The summed E-state index contributed by atoms with van der Waals surface area (Å²) in [6.45, 7) is 5.73. The highest BCUT2D eigenvalue weighted by molar-refractivity contribution is 6.30. The van der Waals surface area contributed by atoms with E-state index in [1.807, 2.05) is 31.2 Å². The second-order valence-corrected chi connectivity index (χ2v) is 5.31. The number of carbonyl (C=O) groups excluding carboxylic acids is 1. The lowest BCUT2D eigenvalue weighted by molar-refractivity contribution is -0.121. The maximum atomic E-state index is 11.5. The van der Waals surface area contributed by atoms with Crippen molar-refractivity contribution < 1.29 is 9.53 Å². The average molecular weight is 297 g/mol. The fourth-order valence-electron chi connectivity index (χ4n) is 2.37. The topological polar surface area (TPSA) is 41.6 Å². The Hall–Kier alpha value is -1.10. The van der Waals surface area contributed by atoms with Gasteiger partial charge in [-0.15, -0.1) is 0 Å². The third-order valence-electron chi connectivity index (χ3n) is 3.55. The van der Waals surface area contributed by atoms with Gasteiger partial charge in [0.2, 0.25) is 5.91 Å². The van der Waals surface area contributed by atoms with Gasteiger partial charge >= 0.3 is 0 Å². The normalized spacial score (nSPS) is 17.7. The SMILES string of the molecule is CCC(=O)NCC(c1ccc(Cl)cc1)N1CCOCC1. The van der Waals surface area contributed by atoms with Crippen molar-refractivity contribution in [3.05, 3.63) is 34.9 Å².